The van der Waals surface area contributed by atoms with Gasteiger partial charge in [-0.2, -0.15) is 0 Å². The molecule has 3 aliphatic rings. The van der Waals surface area contributed by atoms with Crippen LogP contribution < -0.4 is 5.32 Å². The summed E-state index contributed by atoms with van der Waals surface area (Å²) in [6, 6.07) is 8.93. The van der Waals surface area contributed by atoms with Crippen molar-refractivity contribution in [2.75, 3.05) is 27.3 Å². The molecule has 0 radical (unpaired) electrons. The second-order valence-electron chi connectivity index (χ2n) is 10.0. The quantitative estimate of drug-likeness (QED) is 0.405. The van der Waals surface area contributed by atoms with Crippen molar-refractivity contribution in [3.05, 3.63) is 45.2 Å². The molecule has 1 aromatic carbocycles. The molecule has 2 aliphatic heterocycles. The molecule has 2 amide bonds. The molecule has 1 unspecified atom stereocenters. The second-order valence-corrected chi connectivity index (χ2v) is 15.9. The molecular formula is C26H35IN4O2. The molecule has 6 nitrogen and oxygen atoms in total. The Kier molecular flexibility index (Phi) is 6.51. The summed E-state index contributed by atoms with van der Waals surface area (Å²) in [5.74, 6) is 0.947. The Bertz CT molecular complexity index is 1040. The SMILES string of the molecule is CC(=O)Nc1ccn(C(=O)N2CCC3(CCCCC3Cc3ccc(I4CC4)c(C)c3)CC2)n1. The molecule has 1 atom stereocenters. The monoisotopic (exact) mass is 562 g/mol. The number of nitrogens with zero attached hydrogens (tertiary/aromatic N) is 3. The van der Waals surface area contributed by atoms with Gasteiger partial charge in [-0.25, -0.2) is 0 Å². The zero-order valence-electron chi connectivity index (χ0n) is 19.8. The molecule has 3 heterocycles. The second kappa shape index (κ2) is 9.39. The van der Waals surface area contributed by atoms with Crippen molar-refractivity contribution in [3.63, 3.8) is 0 Å². The van der Waals surface area contributed by atoms with E-state index in [1.165, 1.54) is 58.1 Å². The van der Waals surface area contributed by atoms with Gasteiger partial charge in [-0.1, -0.05) is 0 Å². The van der Waals surface area contributed by atoms with E-state index in [4.69, 9.17) is 0 Å². The molecule has 2 saturated heterocycles. The minimum Gasteiger partial charge on any atom is -0.146 e. The summed E-state index contributed by atoms with van der Waals surface area (Å²) in [5.41, 5.74) is 3.42. The number of carbonyl (C=O) groups is 2. The van der Waals surface area contributed by atoms with Gasteiger partial charge in [0.25, 0.3) is 0 Å². The van der Waals surface area contributed by atoms with Crippen LogP contribution in [0.4, 0.5) is 10.6 Å². The number of halogens is 1. The fourth-order valence-electron chi connectivity index (χ4n) is 5.98. The number of amides is 2. The number of hydrogen-bond donors (Lipinski definition) is 1. The Morgan fingerprint density at radius 3 is 2.64 bits per heavy atom. The van der Waals surface area contributed by atoms with E-state index in [1.54, 1.807) is 21.4 Å². The molecule has 2 aromatic rings. The van der Waals surface area contributed by atoms with Gasteiger partial charge in [-0.05, 0) is 0 Å². The molecule has 1 aromatic heterocycles. The van der Waals surface area contributed by atoms with Gasteiger partial charge in [0, 0.05) is 19.2 Å². The molecular weight excluding hydrogens is 527 g/mol. The van der Waals surface area contributed by atoms with Crippen molar-refractivity contribution in [3.8, 4) is 0 Å². The van der Waals surface area contributed by atoms with Gasteiger partial charge < -0.3 is 5.32 Å². The summed E-state index contributed by atoms with van der Waals surface area (Å²) in [5, 5.41) is 6.87. The summed E-state index contributed by atoms with van der Waals surface area (Å²) in [4.78, 5) is 26.2. The first-order valence-corrected chi connectivity index (χ1v) is 16.4. The van der Waals surface area contributed by atoms with Gasteiger partial charge >= 0.3 is 158 Å². The van der Waals surface area contributed by atoms with Crippen molar-refractivity contribution >= 4 is 37.6 Å². The number of nitrogens with one attached hydrogen (secondary N) is 1. The van der Waals surface area contributed by atoms with Crippen molar-refractivity contribution < 1.29 is 9.59 Å². The molecule has 0 bridgehead atoms. The van der Waals surface area contributed by atoms with Gasteiger partial charge in [0.15, 0.2) is 5.82 Å². The van der Waals surface area contributed by atoms with Crippen molar-refractivity contribution in [2.45, 2.75) is 58.8 Å². The Balaban J connectivity index is 1.24. The van der Waals surface area contributed by atoms with E-state index in [0.717, 1.165) is 25.9 Å². The number of aromatic nitrogens is 2. The third kappa shape index (κ3) is 4.98. The maximum absolute atomic E-state index is 13.0. The number of likely N-dealkylation sites (tertiary alicyclic amines) is 1. The molecule has 7 heteroatoms. The third-order valence-electron chi connectivity index (χ3n) is 7.83. The Morgan fingerprint density at radius 1 is 1.15 bits per heavy atom. The Labute approximate surface area is 203 Å². The van der Waals surface area contributed by atoms with Gasteiger partial charge in [0.2, 0.25) is 5.91 Å². The smallest absolute Gasteiger partial charge is 0.146 e. The summed E-state index contributed by atoms with van der Waals surface area (Å²) < 4.78 is 6.10. The van der Waals surface area contributed by atoms with Crippen LogP contribution in [-0.2, 0) is 11.2 Å². The summed E-state index contributed by atoms with van der Waals surface area (Å²) in [6.07, 6.45) is 10.2. The number of piperidine rings is 1. The van der Waals surface area contributed by atoms with E-state index >= 15 is 0 Å². The molecule has 1 saturated carbocycles. The zero-order chi connectivity index (χ0) is 23.0. The molecule has 178 valence electrons. The first kappa shape index (κ1) is 22.9. The fraction of sp³-hybridized carbons (Fsp3) is 0.577. The minimum atomic E-state index is -0.704. The van der Waals surface area contributed by atoms with Crippen LogP contribution in [0.5, 0.6) is 0 Å². The van der Waals surface area contributed by atoms with E-state index < -0.39 is 19.8 Å². The topological polar surface area (TPSA) is 67.2 Å². The first-order chi connectivity index (χ1) is 15.9. The number of rotatable bonds is 4. The molecule has 1 spiro atoms. The average Bonchev–Trinajstić information content (AvgIpc) is 3.53. The van der Waals surface area contributed by atoms with E-state index in [0.29, 0.717) is 17.2 Å². The van der Waals surface area contributed by atoms with Crippen molar-refractivity contribution in [1.82, 2.24) is 14.7 Å². The van der Waals surface area contributed by atoms with Crippen LogP contribution in [0.1, 0.15) is 56.6 Å². The van der Waals surface area contributed by atoms with E-state index in [1.807, 2.05) is 4.90 Å². The van der Waals surface area contributed by atoms with Gasteiger partial charge in [0.1, 0.15) is 0 Å². The van der Waals surface area contributed by atoms with Gasteiger partial charge in [-0.3, -0.25) is 4.79 Å². The molecule has 1 aliphatic carbocycles. The number of anilines is 1. The molecule has 33 heavy (non-hydrogen) atoms. The number of carbonyl (C=O) groups excluding carboxylic acids is 2. The van der Waals surface area contributed by atoms with Crippen LogP contribution in [0.2, 0.25) is 0 Å². The number of alkyl halides is 2. The maximum Gasteiger partial charge on any atom is -0.146 e. The third-order valence-corrected chi connectivity index (χ3v) is 12.8. The van der Waals surface area contributed by atoms with Crippen LogP contribution >= 0.6 is 19.8 Å². The summed E-state index contributed by atoms with van der Waals surface area (Å²) >= 11 is -0.704. The van der Waals surface area contributed by atoms with Crippen LogP contribution in [0.15, 0.2) is 30.5 Å². The predicted molar refractivity (Wildman–Crippen MR) is 140 cm³/mol. The standard InChI is InChI=1S/C26H35IN4O2/c1-19-17-21(6-7-23(19)27-12-13-27)18-22-5-3-4-9-26(22)10-15-30(16-11-26)25(33)31-14-8-24(29-31)28-20(2)32/h6-8,14,17,22H,3-5,9-13,15-16,18H2,1-2H3,(H,28,29,32). The minimum absolute atomic E-state index is 0.0928. The van der Waals surface area contributed by atoms with E-state index in [2.05, 4.69) is 35.5 Å². The van der Waals surface area contributed by atoms with Crippen molar-refractivity contribution in [1.29, 1.82) is 0 Å². The number of hydrogen-bond acceptors (Lipinski definition) is 3. The van der Waals surface area contributed by atoms with Gasteiger partial charge in [0.05, 0.1) is 0 Å². The number of benzene rings is 1. The largest absolute Gasteiger partial charge is 0.146 e. The van der Waals surface area contributed by atoms with Crippen LogP contribution in [0.3, 0.4) is 0 Å². The van der Waals surface area contributed by atoms with E-state index in [-0.39, 0.29) is 11.9 Å². The van der Waals surface area contributed by atoms with Crippen LogP contribution in [0, 0.1) is 21.8 Å². The van der Waals surface area contributed by atoms with Crippen LogP contribution in [0.25, 0.3) is 0 Å². The van der Waals surface area contributed by atoms with Crippen LogP contribution in [-0.4, -0.2) is 48.6 Å². The zero-order valence-corrected chi connectivity index (χ0v) is 21.9. The Hall–Kier alpha value is -1.90. The molecule has 1 N–H and O–H groups in total. The normalized spacial score (nSPS) is 22.9. The van der Waals surface area contributed by atoms with Crippen molar-refractivity contribution in [2.24, 2.45) is 11.3 Å². The number of aryl methyl sites for hydroxylation is 1. The van der Waals surface area contributed by atoms with Gasteiger partial charge in [-0.15, -0.1) is 5.10 Å². The first-order valence-electron chi connectivity index (χ1n) is 12.3. The molecule has 5 rings (SSSR count). The Morgan fingerprint density at radius 2 is 1.94 bits per heavy atom. The van der Waals surface area contributed by atoms with E-state index in [9.17, 15) is 9.59 Å². The summed E-state index contributed by atoms with van der Waals surface area (Å²) in [6.45, 7) is 5.34. The summed E-state index contributed by atoms with van der Waals surface area (Å²) in [7, 11) is 0. The maximum atomic E-state index is 13.0. The average molecular weight is 562 g/mol. The fourth-order valence-corrected chi connectivity index (χ4v) is 10.8. The predicted octanol–water partition coefficient (Wildman–Crippen LogP) is 5.32. The molecule has 3 fully saturated rings.